The summed E-state index contributed by atoms with van der Waals surface area (Å²) >= 11 is 4.17. The molecule has 1 saturated heterocycles. The number of carboxylic acid groups (broad SMARTS) is 1. The summed E-state index contributed by atoms with van der Waals surface area (Å²) in [6.45, 7) is 0.442. The Labute approximate surface area is 122 Å². The Morgan fingerprint density at radius 1 is 1.40 bits per heavy atom. The van der Waals surface area contributed by atoms with Crippen LogP contribution in [0.2, 0.25) is 0 Å². The minimum Gasteiger partial charge on any atom is -0.508 e. The largest absolute Gasteiger partial charge is 0.508 e. The number of aromatic hydroxyl groups is 1. The second-order valence-corrected chi connectivity index (χ2v) is 5.39. The van der Waals surface area contributed by atoms with Gasteiger partial charge in [-0.25, -0.2) is 4.79 Å². The fourth-order valence-corrected chi connectivity index (χ4v) is 2.66. The Bertz CT molecular complexity index is 502. The zero-order chi connectivity index (χ0) is 14.7. The Hall–Kier alpha value is -1.69. The van der Waals surface area contributed by atoms with Crippen LogP contribution in [0.15, 0.2) is 24.3 Å². The van der Waals surface area contributed by atoms with Crippen molar-refractivity contribution < 1.29 is 19.8 Å². The normalized spacial score (nSPS) is 20.1. The SMILES string of the molecule is O=C(O)C(Cc1ccc(O)cc1)N1CC(CS)CC1=O. The van der Waals surface area contributed by atoms with Crippen molar-refractivity contribution in [3.8, 4) is 5.75 Å². The fourth-order valence-electron chi connectivity index (χ4n) is 2.42. The standard InChI is InChI=1S/C14H17NO4S/c16-11-3-1-9(2-4-11)5-12(14(18)19)15-7-10(8-20)6-13(15)17/h1-4,10,12,16,20H,5-8H2,(H,18,19). The molecule has 2 atom stereocenters. The number of likely N-dealkylation sites (tertiary alicyclic amines) is 1. The van der Waals surface area contributed by atoms with Crippen molar-refractivity contribution in [2.24, 2.45) is 5.92 Å². The third-order valence-electron chi connectivity index (χ3n) is 3.52. The van der Waals surface area contributed by atoms with E-state index in [0.717, 1.165) is 5.56 Å². The van der Waals surface area contributed by atoms with E-state index in [4.69, 9.17) is 0 Å². The van der Waals surface area contributed by atoms with Gasteiger partial charge in [-0.15, -0.1) is 0 Å². The predicted molar refractivity (Wildman–Crippen MR) is 76.9 cm³/mol. The van der Waals surface area contributed by atoms with Gasteiger partial charge in [0, 0.05) is 19.4 Å². The maximum atomic E-state index is 11.9. The molecule has 0 saturated carbocycles. The summed E-state index contributed by atoms with van der Waals surface area (Å²) in [5, 5.41) is 18.6. The summed E-state index contributed by atoms with van der Waals surface area (Å²) in [5.74, 6) is -0.310. The molecule has 5 nitrogen and oxygen atoms in total. The van der Waals surface area contributed by atoms with Crippen LogP contribution in [0.3, 0.4) is 0 Å². The molecule has 0 aliphatic carbocycles. The van der Waals surface area contributed by atoms with Gasteiger partial charge in [0.15, 0.2) is 0 Å². The quantitative estimate of drug-likeness (QED) is 0.713. The van der Waals surface area contributed by atoms with E-state index >= 15 is 0 Å². The molecule has 1 amide bonds. The van der Waals surface area contributed by atoms with Gasteiger partial charge in [0.1, 0.15) is 11.8 Å². The number of phenols is 1. The highest BCUT2D eigenvalue weighted by Crippen LogP contribution is 2.23. The van der Waals surface area contributed by atoms with E-state index in [0.29, 0.717) is 18.7 Å². The monoisotopic (exact) mass is 295 g/mol. The molecule has 1 aromatic carbocycles. The van der Waals surface area contributed by atoms with E-state index in [2.05, 4.69) is 12.6 Å². The van der Waals surface area contributed by atoms with E-state index in [1.54, 1.807) is 12.1 Å². The first kappa shape index (κ1) is 14.7. The molecule has 0 bridgehead atoms. The summed E-state index contributed by atoms with van der Waals surface area (Å²) in [5.41, 5.74) is 0.775. The molecular formula is C14H17NO4S. The number of benzene rings is 1. The van der Waals surface area contributed by atoms with E-state index < -0.39 is 12.0 Å². The summed E-state index contributed by atoms with van der Waals surface area (Å²) in [6, 6.07) is 5.49. The number of hydrogen-bond acceptors (Lipinski definition) is 4. The number of hydrogen-bond donors (Lipinski definition) is 3. The van der Waals surface area contributed by atoms with Crippen molar-refractivity contribution in [1.82, 2.24) is 4.90 Å². The van der Waals surface area contributed by atoms with Crippen molar-refractivity contribution in [3.05, 3.63) is 29.8 Å². The Morgan fingerprint density at radius 2 is 2.05 bits per heavy atom. The molecule has 1 heterocycles. The predicted octanol–water partition coefficient (Wildman–Crippen LogP) is 1.17. The molecule has 2 unspecified atom stereocenters. The molecule has 0 aromatic heterocycles. The van der Waals surface area contributed by atoms with Crippen LogP contribution in [0.1, 0.15) is 12.0 Å². The van der Waals surface area contributed by atoms with E-state index in [1.165, 1.54) is 17.0 Å². The average molecular weight is 295 g/mol. The minimum absolute atomic E-state index is 0.118. The lowest BCUT2D eigenvalue weighted by atomic mass is 10.0. The third-order valence-corrected chi connectivity index (χ3v) is 4.04. The molecule has 6 heteroatoms. The van der Waals surface area contributed by atoms with Gasteiger partial charge < -0.3 is 15.1 Å². The first-order valence-electron chi connectivity index (χ1n) is 6.42. The molecule has 2 N–H and O–H groups in total. The third kappa shape index (κ3) is 3.25. The maximum absolute atomic E-state index is 11.9. The molecule has 108 valence electrons. The van der Waals surface area contributed by atoms with Crippen LogP contribution < -0.4 is 0 Å². The zero-order valence-corrected chi connectivity index (χ0v) is 11.8. The lowest BCUT2D eigenvalue weighted by Gasteiger charge is -2.24. The number of phenolic OH excluding ortho intramolecular Hbond substituents is 1. The number of carbonyl (C=O) groups is 2. The highest BCUT2D eigenvalue weighted by atomic mass is 32.1. The van der Waals surface area contributed by atoms with E-state index in [-0.39, 0.29) is 24.0 Å². The van der Waals surface area contributed by atoms with Crippen molar-refractivity contribution in [1.29, 1.82) is 0 Å². The van der Waals surface area contributed by atoms with Gasteiger partial charge in [0.25, 0.3) is 0 Å². The molecule has 1 fully saturated rings. The molecule has 20 heavy (non-hydrogen) atoms. The molecule has 0 radical (unpaired) electrons. The van der Waals surface area contributed by atoms with Crippen LogP contribution in [0.5, 0.6) is 5.75 Å². The number of nitrogens with zero attached hydrogens (tertiary/aromatic N) is 1. The molecule has 0 spiro atoms. The van der Waals surface area contributed by atoms with Crippen LogP contribution in [-0.2, 0) is 16.0 Å². The first-order valence-corrected chi connectivity index (χ1v) is 7.05. The number of rotatable bonds is 5. The fraction of sp³-hybridized carbons (Fsp3) is 0.429. The van der Waals surface area contributed by atoms with Gasteiger partial charge in [0.2, 0.25) is 5.91 Å². The van der Waals surface area contributed by atoms with Gasteiger partial charge in [-0.2, -0.15) is 12.6 Å². The second-order valence-electron chi connectivity index (χ2n) is 5.02. The highest BCUT2D eigenvalue weighted by molar-refractivity contribution is 7.80. The highest BCUT2D eigenvalue weighted by Gasteiger charge is 2.37. The summed E-state index contributed by atoms with van der Waals surface area (Å²) in [4.78, 5) is 24.8. The number of amides is 1. The summed E-state index contributed by atoms with van der Waals surface area (Å²) in [7, 11) is 0. The van der Waals surface area contributed by atoms with Crippen LogP contribution >= 0.6 is 12.6 Å². The Morgan fingerprint density at radius 3 is 2.55 bits per heavy atom. The Kier molecular flexibility index (Phi) is 4.54. The van der Waals surface area contributed by atoms with Crippen LogP contribution in [-0.4, -0.2) is 45.3 Å². The summed E-state index contributed by atoms with van der Waals surface area (Å²) < 4.78 is 0. The van der Waals surface area contributed by atoms with Crippen molar-refractivity contribution in [2.45, 2.75) is 18.9 Å². The first-order chi connectivity index (χ1) is 9.51. The van der Waals surface area contributed by atoms with Gasteiger partial charge in [-0.3, -0.25) is 4.79 Å². The smallest absolute Gasteiger partial charge is 0.326 e. The molecular weight excluding hydrogens is 278 g/mol. The van der Waals surface area contributed by atoms with E-state index in [9.17, 15) is 19.8 Å². The van der Waals surface area contributed by atoms with Gasteiger partial charge in [-0.1, -0.05) is 12.1 Å². The molecule has 2 rings (SSSR count). The molecule has 1 aliphatic rings. The lowest BCUT2D eigenvalue weighted by Crippen LogP contribution is -2.43. The number of carbonyl (C=O) groups excluding carboxylic acids is 1. The average Bonchev–Trinajstić information content (AvgIpc) is 2.79. The molecule has 1 aliphatic heterocycles. The second kappa shape index (κ2) is 6.17. The molecule has 1 aromatic rings. The van der Waals surface area contributed by atoms with Gasteiger partial charge in [-0.05, 0) is 29.4 Å². The van der Waals surface area contributed by atoms with Crippen molar-refractivity contribution in [2.75, 3.05) is 12.3 Å². The van der Waals surface area contributed by atoms with Crippen molar-refractivity contribution >= 4 is 24.5 Å². The maximum Gasteiger partial charge on any atom is 0.326 e. The van der Waals surface area contributed by atoms with Crippen LogP contribution in [0, 0.1) is 5.92 Å². The number of carboxylic acids is 1. The topological polar surface area (TPSA) is 77.8 Å². The van der Waals surface area contributed by atoms with Gasteiger partial charge in [0.05, 0.1) is 0 Å². The Balaban J connectivity index is 2.13. The van der Waals surface area contributed by atoms with Gasteiger partial charge >= 0.3 is 5.97 Å². The number of aliphatic carboxylic acids is 1. The van der Waals surface area contributed by atoms with Crippen molar-refractivity contribution in [3.63, 3.8) is 0 Å². The zero-order valence-electron chi connectivity index (χ0n) is 10.9. The van der Waals surface area contributed by atoms with E-state index in [1.807, 2.05) is 0 Å². The lowest BCUT2D eigenvalue weighted by molar-refractivity contribution is -0.148. The summed E-state index contributed by atoms with van der Waals surface area (Å²) in [6.07, 6.45) is 0.601. The van der Waals surface area contributed by atoms with Crippen LogP contribution in [0.4, 0.5) is 0 Å². The minimum atomic E-state index is -1.01. The van der Waals surface area contributed by atoms with Crippen LogP contribution in [0.25, 0.3) is 0 Å². The number of thiol groups is 1.